The molecule has 2 aromatic heterocycles. The molecule has 0 unspecified atom stereocenters. The van der Waals surface area contributed by atoms with Crippen molar-refractivity contribution in [2.75, 3.05) is 0 Å². The van der Waals surface area contributed by atoms with Crippen LogP contribution >= 0.6 is 11.3 Å². The van der Waals surface area contributed by atoms with Gasteiger partial charge in [0, 0.05) is 42.3 Å². The number of nitrogens with zero attached hydrogens (tertiary/aromatic N) is 3. The van der Waals surface area contributed by atoms with Gasteiger partial charge in [-0.05, 0) is 74.8 Å². The van der Waals surface area contributed by atoms with Crippen molar-refractivity contribution in [2.24, 2.45) is 0 Å². The summed E-state index contributed by atoms with van der Waals surface area (Å²) in [5.41, 5.74) is 12.5. The normalized spacial score (nSPS) is 13.0. The van der Waals surface area contributed by atoms with Crippen LogP contribution in [0.2, 0.25) is 0 Å². The molecule has 7 aromatic carbocycles. The second-order valence-electron chi connectivity index (χ2n) is 14.0. The third-order valence-corrected chi connectivity index (χ3v) is 11.8. The lowest BCUT2D eigenvalue weighted by atomic mass is 9.82. The molecule has 0 fully saturated rings. The number of thiophene rings is 1. The molecule has 2 heterocycles. The zero-order chi connectivity index (χ0) is 34.8. The fourth-order valence-corrected chi connectivity index (χ4v) is 9.13. The van der Waals surface area contributed by atoms with Crippen molar-refractivity contribution in [3.63, 3.8) is 0 Å². The van der Waals surface area contributed by atoms with E-state index in [9.17, 15) is 0 Å². The molecule has 246 valence electrons. The zero-order valence-corrected chi connectivity index (χ0v) is 29.7. The largest absolute Gasteiger partial charge is 0.208 e. The van der Waals surface area contributed by atoms with Crippen molar-refractivity contribution in [1.29, 1.82) is 0 Å². The molecule has 1 aliphatic carbocycles. The lowest BCUT2D eigenvalue weighted by Crippen LogP contribution is -2.15. The highest BCUT2D eigenvalue weighted by Crippen LogP contribution is 2.49. The van der Waals surface area contributed by atoms with Crippen LogP contribution in [0.25, 0.3) is 87.7 Å². The molecule has 0 amide bonds. The van der Waals surface area contributed by atoms with Crippen molar-refractivity contribution in [1.82, 2.24) is 15.0 Å². The van der Waals surface area contributed by atoms with E-state index in [-0.39, 0.29) is 5.41 Å². The highest BCUT2D eigenvalue weighted by molar-refractivity contribution is 7.26. The van der Waals surface area contributed by atoms with Gasteiger partial charge in [-0.2, -0.15) is 0 Å². The minimum absolute atomic E-state index is 0.142. The van der Waals surface area contributed by atoms with Crippen LogP contribution in [0.4, 0.5) is 0 Å². The van der Waals surface area contributed by atoms with E-state index in [4.69, 9.17) is 15.0 Å². The van der Waals surface area contributed by atoms with E-state index in [1.165, 1.54) is 48.0 Å². The predicted octanol–water partition coefficient (Wildman–Crippen LogP) is 12.9. The van der Waals surface area contributed by atoms with Gasteiger partial charge in [0.15, 0.2) is 17.5 Å². The summed E-state index contributed by atoms with van der Waals surface area (Å²) in [6, 6.07) is 58.3. The van der Waals surface area contributed by atoms with Gasteiger partial charge in [0.05, 0.1) is 0 Å². The van der Waals surface area contributed by atoms with E-state index >= 15 is 0 Å². The van der Waals surface area contributed by atoms with E-state index in [2.05, 4.69) is 178 Å². The molecule has 52 heavy (non-hydrogen) atoms. The Morgan fingerprint density at radius 2 is 0.981 bits per heavy atom. The van der Waals surface area contributed by atoms with Crippen LogP contribution < -0.4 is 0 Å². The monoisotopic (exact) mass is 683 g/mol. The third-order valence-electron chi connectivity index (χ3n) is 10.6. The maximum Gasteiger partial charge on any atom is 0.165 e. The summed E-state index contributed by atoms with van der Waals surface area (Å²) in [7, 11) is 0. The van der Waals surface area contributed by atoms with Crippen LogP contribution in [0, 0.1) is 0 Å². The number of hydrogen-bond donors (Lipinski definition) is 0. The van der Waals surface area contributed by atoms with Crippen LogP contribution in [0.3, 0.4) is 0 Å². The van der Waals surface area contributed by atoms with E-state index in [1.54, 1.807) is 11.3 Å². The Labute approximate surface area is 307 Å². The maximum atomic E-state index is 5.33. The topological polar surface area (TPSA) is 38.7 Å². The molecular weight excluding hydrogens is 651 g/mol. The molecule has 0 N–H and O–H groups in total. The number of fused-ring (bicyclic) bond motifs is 6. The summed E-state index contributed by atoms with van der Waals surface area (Å²) in [5, 5.41) is 2.47. The molecule has 0 aliphatic heterocycles. The second-order valence-corrected chi connectivity index (χ2v) is 15.1. The Kier molecular flexibility index (Phi) is 7.02. The zero-order valence-electron chi connectivity index (χ0n) is 28.8. The van der Waals surface area contributed by atoms with Gasteiger partial charge < -0.3 is 0 Å². The number of rotatable bonds is 5. The summed E-state index contributed by atoms with van der Waals surface area (Å²) >= 11 is 1.79. The fraction of sp³-hybridized carbons (Fsp3) is 0.0625. The van der Waals surface area contributed by atoms with Crippen LogP contribution in [0.5, 0.6) is 0 Å². The van der Waals surface area contributed by atoms with Gasteiger partial charge in [0.25, 0.3) is 0 Å². The molecule has 0 bridgehead atoms. The average Bonchev–Trinajstić information content (AvgIpc) is 3.70. The van der Waals surface area contributed by atoms with Crippen LogP contribution in [0.1, 0.15) is 25.0 Å². The van der Waals surface area contributed by atoms with Crippen molar-refractivity contribution in [3.8, 4) is 67.5 Å². The third kappa shape index (κ3) is 4.90. The van der Waals surface area contributed by atoms with Gasteiger partial charge in [0.2, 0.25) is 0 Å². The lowest BCUT2D eigenvalue weighted by Gasteiger charge is -2.22. The molecule has 0 atom stereocenters. The molecule has 0 saturated heterocycles. The van der Waals surface area contributed by atoms with Crippen LogP contribution in [0.15, 0.2) is 164 Å². The van der Waals surface area contributed by atoms with Crippen molar-refractivity contribution in [3.05, 3.63) is 175 Å². The SMILES string of the molecule is CC1(C)c2ccccc2-c2ccc(-c3nc(-c4ccc(-c5ccccc5)cc4-c4ccccc4)nc(-c4cccc5c4sc4ccccc45)n3)cc21. The Hall–Kier alpha value is -6.23. The maximum absolute atomic E-state index is 5.33. The van der Waals surface area contributed by atoms with Crippen molar-refractivity contribution < 1.29 is 0 Å². The molecule has 0 saturated carbocycles. The smallest absolute Gasteiger partial charge is 0.165 e. The van der Waals surface area contributed by atoms with Gasteiger partial charge >= 0.3 is 0 Å². The number of hydrogen-bond acceptors (Lipinski definition) is 4. The molecule has 4 heteroatoms. The highest BCUT2D eigenvalue weighted by Gasteiger charge is 2.35. The van der Waals surface area contributed by atoms with E-state index in [1.807, 2.05) is 0 Å². The lowest BCUT2D eigenvalue weighted by molar-refractivity contribution is 0.660. The van der Waals surface area contributed by atoms with Gasteiger partial charge in [-0.3, -0.25) is 0 Å². The number of benzene rings is 7. The quantitative estimate of drug-likeness (QED) is 0.181. The fourth-order valence-electron chi connectivity index (χ4n) is 7.92. The first-order valence-corrected chi connectivity index (χ1v) is 18.5. The summed E-state index contributed by atoms with van der Waals surface area (Å²) in [6.45, 7) is 4.63. The standard InChI is InChI=1S/C48H33N3S/c1-48(2)41-22-11-9-18-34(41)35-26-25-33(29-42(35)48)45-49-46(51-47(50-45)39-21-13-20-37-36-19-10-12-23-43(36)52-44(37)39)38-27-24-32(30-14-5-3-6-15-30)28-40(38)31-16-7-4-8-17-31/h3-29H,1-2H3. The highest BCUT2D eigenvalue weighted by atomic mass is 32.1. The van der Waals surface area contributed by atoms with E-state index in [0.717, 1.165) is 33.4 Å². The first-order chi connectivity index (χ1) is 25.5. The molecule has 0 radical (unpaired) electrons. The molecule has 1 aliphatic rings. The molecule has 10 rings (SSSR count). The summed E-state index contributed by atoms with van der Waals surface area (Å²) in [5.74, 6) is 1.99. The van der Waals surface area contributed by atoms with Gasteiger partial charge in [0.1, 0.15) is 0 Å². The summed E-state index contributed by atoms with van der Waals surface area (Å²) in [4.78, 5) is 15.9. The predicted molar refractivity (Wildman–Crippen MR) is 217 cm³/mol. The Balaban J connectivity index is 1.22. The van der Waals surface area contributed by atoms with E-state index in [0.29, 0.717) is 17.5 Å². The van der Waals surface area contributed by atoms with Gasteiger partial charge in [-0.1, -0.05) is 147 Å². The number of aromatic nitrogens is 3. The molecule has 9 aromatic rings. The van der Waals surface area contributed by atoms with Crippen molar-refractivity contribution >= 4 is 31.5 Å². The van der Waals surface area contributed by atoms with Crippen LogP contribution in [-0.4, -0.2) is 15.0 Å². The Morgan fingerprint density at radius 3 is 1.81 bits per heavy atom. The molecule has 3 nitrogen and oxygen atoms in total. The van der Waals surface area contributed by atoms with Crippen LogP contribution in [-0.2, 0) is 5.41 Å². The van der Waals surface area contributed by atoms with Gasteiger partial charge in [-0.15, -0.1) is 11.3 Å². The second kappa shape index (κ2) is 11.9. The first kappa shape index (κ1) is 30.6. The minimum atomic E-state index is -0.142. The van der Waals surface area contributed by atoms with E-state index < -0.39 is 0 Å². The van der Waals surface area contributed by atoms with Crippen molar-refractivity contribution in [2.45, 2.75) is 19.3 Å². The first-order valence-electron chi connectivity index (χ1n) is 17.7. The average molecular weight is 684 g/mol. The molecular formula is C48H33N3S. The summed E-state index contributed by atoms with van der Waals surface area (Å²) in [6.07, 6.45) is 0. The summed E-state index contributed by atoms with van der Waals surface area (Å²) < 4.78 is 2.43. The Morgan fingerprint density at radius 1 is 0.385 bits per heavy atom. The van der Waals surface area contributed by atoms with Gasteiger partial charge in [-0.25, -0.2) is 15.0 Å². The Bertz CT molecular complexity index is 2820. The molecule has 0 spiro atoms. The minimum Gasteiger partial charge on any atom is -0.208 e.